The molecule has 0 aromatic heterocycles. The van der Waals surface area contributed by atoms with Gasteiger partial charge in [0.15, 0.2) is 8.32 Å². The molecule has 0 aromatic carbocycles. The van der Waals surface area contributed by atoms with Gasteiger partial charge in [0.25, 0.3) is 0 Å². The quantitative estimate of drug-likeness (QED) is 0.0652. The fourth-order valence-electron chi connectivity index (χ4n) is 8.22. The molecule has 6 heteroatoms. The van der Waals surface area contributed by atoms with Crippen molar-refractivity contribution in [3.8, 4) is 11.8 Å². The molecular weight excluding hydrogens is 564 g/mol. The molecule has 44 heavy (non-hydrogen) atoms. The second-order valence-electron chi connectivity index (χ2n) is 15.8. The maximum absolute atomic E-state index is 7.00. The standard InChI is InChI=1S/C38H68O5Si/c1-14-16-19-31(20-17-18-29(3)4)35(41-27-39-10)33-23-25-37(9)32(30(5)26-43-44(12,13)36(6,7)8)21-22-34(37)38(33,24-15-2)42-28-40-11/h15,17-18,29-35H,2,19-28H2,1,3-13H3/b18-17+/t30-,31-,32-,33+,34?,35+,37-,38+/m1/s1. The van der Waals surface area contributed by atoms with Gasteiger partial charge in [-0.1, -0.05) is 66.7 Å². The first kappa shape index (κ1) is 39.2. The molecule has 0 spiro atoms. The maximum atomic E-state index is 7.00. The Balaban J connectivity index is 2.54. The Morgan fingerprint density at radius 1 is 1.02 bits per heavy atom. The summed E-state index contributed by atoms with van der Waals surface area (Å²) < 4.78 is 31.7. The van der Waals surface area contributed by atoms with Gasteiger partial charge >= 0.3 is 0 Å². The highest BCUT2D eigenvalue weighted by Gasteiger charge is 2.64. The summed E-state index contributed by atoms with van der Waals surface area (Å²) in [4.78, 5) is 0. The van der Waals surface area contributed by atoms with E-state index >= 15 is 0 Å². The highest BCUT2D eigenvalue weighted by atomic mass is 28.4. The van der Waals surface area contributed by atoms with Crippen molar-refractivity contribution in [3.05, 3.63) is 24.8 Å². The molecule has 1 unspecified atom stereocenters. The topological polar surface area (TPSA) is 46.2 Å². The lowest BCUT2D eigenvalue weighted by molar-refractivity contribution is -0.252. The lowest BCUT2D eigenvalue weighted by atomic mass is 9.52. The Morgan fingerprint density at radius 2 is 1.70 bits per heavy atom. The molecule has 0 aliphatic heterocycles. The van der Waals surface area contributed by atoms with E-state index in [2.05, 4.69) is 98.2 Å². The largest absolute Gasteiger partial charge is 0.417 e. The lowest BCUT2D eigenvalue weighted by Crippen LogP contribution is -2.61. The minimum Gasteiger partial charge on any atom is -0.417 e. The third kappa shape index (κ3) is 9.32. The van der Waals surface area contributed by atoms with Crippen LogP contribution in [0.25, 0.3) is 0 Å². The van der Waals surface area contributed by atoms with E-state index in [1.807, 2.05) is 6.92 Å². The number of rotatable bonds is 18. The summed E-state index contributed by atoms with van der Waals surface area (Å²) in [6, 6.07) is 0. The summed E-state index contributed by atoms with van der Waals surface area (Å²) in [6.45, 7) is 28.7. The Bertz CT molecular complexity index is 958. The van der Waals surface area contributed by atoms with Gasteiger partial charge in [-0.15, -0.1) is 18.4 Å². The zero-order chi connectivity index (χ0) is 33.2. The van der Waals surface area contributed by atoms with Gasteiger partial charge in [-0.2, -0.15) is 0 Å². The summed E-state index contributed by atoms with van der Waals surface area (Å²) in [5, 5.41) is 0.209. The van der Waals surface area contributed by atoms with Crippen molar-refractivity contribution in [1.82, 2.24) is 0 Å². The molecule has 5 nitrogen and oxygen atoms in total. The second-order valence-corrected chi connectivity index (χ2v) is 20.6. The van der Waals surface area contributed by atoms with Crippen LogP contribution in [0.5, 0.6) is 0 Å². The molecule has 0 N–H and O–H groups in total. The number of allylic oxidation sites excluding steroid dienone is 2. The molecule has 8 atom stereocenters. The van der Waals surface area contributed by atoms with Crippen molar-refractivity contribution >= 4 is 8.32 Å². The summed E-state index contributed by atoms with van der Waals surface area (Å²) in [5.74, 6) is 8.85. The van der Waals surface area contributed by atoms with Crippen molar-refractivity contribution in [2.75, 3.05) is 34.4 Å². The predicted molar refractivity (Wildman–Crippen MR) is 187 cm³/mol. The van der Waals surface area contributed by atoms with Crippen molar-refractivity contribution in [3.63, 3.8) is 0 Å². The third-order valence-electron chi connectivity index (χ3n) is 11.5. The maximum Gasteiger partial charge on any atom is 0.191 e. The monoisotopic (exact) mass is 632 g/mol. The first-order valence-electron chi connectivity index (χ1n) is 17.2. The molecule has 2 aliphatic rings. The SMILES string of the molecule is C=CC[C@@]1(OCOC)C2CC[C@H]([C@H](C)CO[Si](C)(C)C(C)(C)C)[C@@]2(C)CC[C@H]1[C@@H](OCOC)[C@H](CC#CC)C/C=C/C(C)C. The highest BCUT2D eigenvalue weighted by molar-refractivity contribution is 6.74. The van der Waals surface area contributed by atoms with E-state index in [9.17, 15) is 0 Å². The van der Waals surface area contributed by atoms with Crippen molar-refractivity contribution in [2.24, 2.45) is 40.9 Å². The zero-order valence-electron chi connectivity index (χ0n) is 30.6. The molecule has 2 rings (SSSR count). The van der Waals surface area contributed by atoms with Crippen LogP contribution in [-0.4, -0.2) is 54.4 Å². The molecule has 2 aliphatic carbocycles. The molecule has 0 bridgehead atoms. The van der Waals surface area contributed by atoms with Gasteiger partial charge < -0.3 is 23.4 Å². The van der Waals surface area contributed by atoms with Crippen LogP contribution in [0.4, 0.5) is 0 Å². The smallest absolute Gasteiger partial charge is 0.191 e. The lowest BCUT2D eigenvalue weighted by Gasteiger charge is -2.58. The second kappa shape index (κ2) is 17.3. The minimum atomic E-state index is -1.83. The molecule has 0 amide bonds. The Hall–Kier alpha value is -0.943. The highest BCUT2D eigenvalue weighted by Crippen LogP contribution is 2.65. The first-order chi connectivity index (χ1) is 20.6. The molecule has 2 saturated carbocycles. The van der Waals surface area contributed by atoms with E-state index in [-0.39, 0.29) is 42.0 Å². The molecule has 0 aromatic rings. The average Bonchev–Trinajstić information content (AvgIpc) is 3.31. The molecule has 254 valence electrons. The van der Waals surface area contributed by atoms with Crippen LogP contribution in [0.2, 0.25) is 18.1 Å². The van der Waals surface area contributed by atoms with E-state index in [4.69, 9.17) is 23.4 Å². The molecule has 0 radical (unpaired) electrons. The summed E-state index contributed by atoms with van der Waals surface area (Å²) in [5.41, 5.74) is -0.316. The van der Waals surface area contributed by atoms with Crippen molar-refractivity contribution in [2.45, 2.75) is 130 Å². The third-order valence-corrected chi connectivity index (χ3v) is 16.0. The van der Waals surface area contributed by atoms with Gasteiger partial charge in [0.2, 0.25) is 0 Å². The van der Waals surface area contributed by atoms with Gasteiger partial charge in [0.05, 0.1) is 11.7 Å². The summed E-state index contributed by atoms with van der Waals surface area (Å²) >= 11 is 0. The predicted octanol–water partition coefficient (Wildman–Crippen LogP) is 9.64. The average molecular weight is 633 g/mol. The van der Waals surface area contributed by atoms with E-state index in [0.29, 0.717) is 23.7 Å². The Morgan fingerprint density at radius 3 is 2.27 bits per heavy atom. The van der Waals surface area contributed by atoms with Crippen molar-refractivity contribution in [1.29, 1.82) is 0 Å². The van der Waals surface area contributed by atoms with Crippen LogP contribution >= 0.6 is 0 Å². The molecule has 2 fully saturated rings. The van der Waals surface area contributed by atoms with Crippen LogP contribution in [0.15, 0.2) is 24.8 Å². The summed E-state index contributed by atoms with van der Waals surface area (Å²) in [7, 11) is 1.61. The number of methoxy groups -OCH3 is 2. The fourth-order valence-corrected chi connectivity index (χ4v) is 9.33. The van der Waals surface area contributed by atoms with Crippen LogP contribution in [0.3, 0.4) is 0 Å². The van der Waals surface area contributed by atoms with Gasteiger partial charge in [0, 0.05) is 33.2 Å². The van der Waals surface area contributed by atoms with Crippen LogP contribution in [0.1, 0.15) is 100 Å². The number of hydrogen-bond donors (Lipinski definition) is 0. The van der Waals surface area contributed by atoms with E-state index < -0.39 is 13.9 Å². The molecule has 0 heterocycles. The van der Waals surface area contributed by atoms with E-state index in [0.717, 1.165) is 45.1 Å². The van der Waals surface area contributed by atoms with Gasteiger partial charge in [0.1, 0.15) is 13.6 Å². The van der Waals surface area contributed by atoms with Gasteiger partial charge in [-0.05, 0) is 98.6 Å². The van der Waals surface area contributed by atoms with Crippen LogP contribution in [-0.2, 0) is 23.4 Å². The fraction of sp³-hybridized carbons (Fsp3) is 0.842. The number of ether oxygens (including phenoxy) is 4. The number of hydrogen-bond acceptors (Lipinski definition) is 5. The Labute approximate surface area is 273 Å². The van der Waals surface area contributed by atoms with Crippen molar-refractivity contribution < 1.29 is 23.4 Å². The van der Waals surface area contributed by atoms with E-state index in [1.165, 1.54) is 6.42 Å². The van der Waals surface area contributed by atoms with Gasteiger partial charge in [-0.25, -0.2) is 0 Å². The van der Waals surface area contributed by atoms with E-state index in [1.54, 1.807) is 14.2 Å². The normalized spacial score (nSPS) is 29.7. The van der Waals surface area contributed by atoms with Gasteiger partial charge in [-0.3, -0.25) is 0 Å². The Kier molecular flexibility index (Phi) is 15.4. The molecule has 0 saturated heterocycles. The minimum absolute atomic E-state index is 0.0626. The first-order valence-corrected chi connectivity index (χ1v) is 20.1. The summed E-state index contributed by atoms with van der Waals surface area (Å²) in [6.07, 6.45) is 13.6. The van der Waals surface area contributed by atoms with Crippen LogP contribution in [0, 0.1) is 52.8 Å². The van der Waals surface area contributed by atoms with Crippen LogP contribution < -0.4 is 0 Å². The zero-order valence-corrected chi connectivity index (χ0v) is 31.6. The number of fused-ring (bicyclic) bond motifs is 1. The molecular formula is C38H68O5Si.